The van der Waals surface area contributed by atoms with Crippen molar-refractivity contribution < 1.29 is 14.6 Å². The Labute approximate surface area is 110 Å². The molecule has 0 atom stereocenters. The van der Waals surface area contributed by atoms with Crippen molar-refractivity contribution in [3.63, 3.8) is 0 Å². The van der Waals surface area contributed by atoms with Crippen molar-refractivity contribution in [1.29, 1.82) is 0 Å². The molecule has 0 aromatic carbocycles. The second-order valence-electron chi connectivity index (χ2n) is 4.67. The first-order chi connectivity index (χ1) is 7.68. The Morgan fingerprint density at radius 2 is 2.06 bits per heavy atom. The molecule has 17 heavy (non-hydrogen) atoms. The van der Waals surface area contributed by atoms with E-state index in [1.165, 1.54) is 12.8 Å². The van der Waals surface area contributed by atoms with Crippen molar-refractivity contribution in [3.8, 4) is 0 Å². The molecule has 1 fully saturated rings. The third-order valence-corrected chi connectivity index (χ3v) is 2.85. The Morgan fingerprint density at radius 3 is 2.65 bits per heavy atom. The van der Waals surface area contributed by atoms with Crippen LogP contribution in [0.15, 0.2) is 0 Å². The lowest BCUT2D eigenvalue weighted by Gasteiger charge is -2.16. The molecule has 0 radical (unpaired) electrons. The Hall–Kier alpha value is -0.320. The van der Waals surface area contributed by atoms with Gasteiger partial charge in [0.05, 0.1) is 6.61 Å². The number of nitrogens with zero attached hydrogens (tertiary/aromatic N) is 1. The van der Waals surface area contributed by atoms with E-state index in [1.54, 1.807) is 0 Å². The van der Waals surface area contributed by atoms with Crippen LogP contribution >= 0.6 is 12.4 Å². The van der Waals surface area contributed by atoms with Crippen molar-refractivity contribution in [2.75, 3.05) is 33.4 Å². The van der Waals surface area contributed by atoms with Crippen molar-refractivity contribution in [2.45, 2.75) is 32.1 Å². The molecule has 4 nitrogen and oxygen atoms in total. The Balaban J connectivity index is 0.00000256. The third kappa shape index (κ3) is 10.5. The number of ether oxygens (including phenoxy) is 1. The van der Waals surface area contributed by atoms with E-state index in [9.17, 15) is 4.79 Å². The fraction of sp³-hybridized carbons (Fsp3) is 0.917. The zero-order chi connectivity index (χ0) is 11.8. The number of aliphatic carboxylic acids is 1. The molecule has 0 aliphatic heterocycles. The lowest BCUT2D eigenvalue weighted by molar-refractivity contribution is -0.137. The smallest absolute Gasteiger partial charge is 0.303 e. The van der Waals surface area contributed by atoms with Crippen molar-refractivity contribution in [1.82, 2.24) is 4.90 Å². The summed E-state index contributed by atoms with van der Waals surface area (Å²) in [7, 11) is 2.06. The SMILES string of the molecule is CN(CCCCC(=O)O)CCOCC1CC1.Cl. The summed E-state index contributed by atoms with van der Waals surface area (Å²) in [5.41, 5.74) is 0. The number of unbranched alkanes of at least 4 members (excludes halogenated alkanes) is 1. The highest BCUT2D eigenvalue weighted by Crippen LogP contribution is 2.28. The van der Waals surface area contributed by atoms with Crippen LogP contribution in [0.5, 0.6) is 0 Å². The molecule has 1 rings (SSSR count). The van der Waals surface area contributed by atoms with E-state index in [-0.39, 0.29) is 18.8 Å². The van der Waals surface area contributed by atoms with Crippen LogP contribution in [0.25, 0.3) is 0 Å². The summed E-state index contributed by atoms with van der Waals surface area (Å²) in [6.07, 6.45) is 4.68. The van der Waals surface area contributed by atoms with Crippen molar-refractivity contribution in [2.24, 2.45) is 5.92 Å². The van der Waals surface area contributed by atoms with Gasteiger partial charge in [0.2, 0.25) is 0 Å². The normalized spacial score (nSPS) is 14.7. The van der Waals surface area contributed by atoms with E-state index >= 15 is 0 Å². The molecule has 1 aliphatic rings. The van der Waals surface area contributed by atoms with Crippen LogP contribution in [-0.4, -0.2) is 49.3 Å². The van der Waals surface area contributed by atoms with Gasteiger partial charge in [-0.15, -0.1) is 12.4 Å². The van der Waals surface area contributed by atoms with Gasteiger partial charge >= 0.3 is 5.97 Å². The summed E-state index contributed by atoms with van der Waals surface area (Å²) in [6.45, 7) is 3.62. The molecular weight excluding hydrogens is 242 g/mol. The van der Waals surface area contributed by atoms with Gasteiger partial charge in [-0.25, -0.2) is 0 Å². The fourth-order valence-corrected chi connectivity index (χ4v) is 1.52. The molecule has 1 saturated carbocycles. The first kappa shape index (κ1) is 16.7. The van der Waals surface area contributed by atoms with E-state index in [0.717, 1.165) is 45.1 Å². The monoisotopic (exact) mass is 265 g/mol. The first-order valence-corrected chi connectivity index (χ1v) is 6.16. The predicted octanol–water partition coefficient (Wildman–Crippen LogP) is 2.02. The van der Waals surface area contributed by atoms with Gasteiger partial charge in [-0.3, -0.25) is 4.79 Å². The number of likely N-dealkylation sites (N-methyl/N-ethyl adjacent to an activating group) is 1. The highest BCUT2D eigenvalue weighted by Gasteiger charge is 2.20. The minimum absolute atomic E-state index is 0. The molecule has 0 aromatic heterocycles. The highest BCUT2D eigenvalue weighted by molar-refractivity contribution is 5.85. The maximum absolute atomic E-state index is 10.3. The summed E-state index contributed by atoms with van der Waals surface area (Å²) in [4.78, 5) is 12.5. The number of hydrogen-bond donors (Lipinski definition) is 1. The van der Waals surface area contributed by atoms with Crippen LogP contribution in [-0.2, 0) is 9.53 Å². The molecule has 0 saturated heterocycles. The maximum Gasteiger partial charge on any atom is 0.303 e. The molecule has 0 heterocycles. The summed E-state index contributed by atoms with van der Waals surface area (Å²) in [5.74, 6) is 0.135. The van der Waals surface area contributed by atoms with E-state index in [4.69, 9.17) is 9.84 Å². The molecule has 1 N–H and O–H groups in total. The Kier molecular flexibility index (Phi) is 9.50. The van der Waals surface area contributed by atoms with Crippen LogP contribution in [0.1, 0.15) is 32.1 Å². The van der Waals surface area contributed by atoms with Crippen molar-refractivity contribution in [3.05, 3.63) is 0 Å². The largest absolute Gasteiger partial charge is 0.481 e. The molecule has 5 heteroatoms. The van der Waals surface area contributed by atoms with Gasteiger partial charge in [0.15, 0.2) is 0 Å². The number of hydrogen-bond acceptors (Lipinski definition) is 3. The van der Waals surface area contributed by atoms with Gasteiger partial charge in [0.1, 0.15) is 0 Å². The van der Waals surface area contributed by atoms with E-state index in [0.29, 0.717) is 0 Å². The lowest BCUT2D eigenvalue weighted by Crippen LogP contribution is -2.24. The lowest BCUT2D eigenvalue weighted by atomic mass is 10.2. The van der Waals surface area contributed by atoms with Crippen LogP contribution in [0.2, 0.25) is 0 Å². The molecule has 0 spiro atoms. The number of halogens is 1. The van der Waals surface area contributed by atoms with Crippen molar-refractivity contribution >= 4 is 18.4 Å². The number of carboxylic acids is 1. The van der Waals surface area contributed by atoms with Gasteiger partial charge < -0.3 is 14.7 Å². The molecular formula is C12H24ClNO3. The standard InChI is InChI=1S/C12H23NO3.ClH/c1-13(7-3-2-4-12(14)15)8-9-16-10-11-5-6-11;/h11H,2-10H2,1H3,(H,14,15);1H. The zero-order valence-electron chi connectivity index (χ0n) is 10.6. The van der Waals surface area contributed by atoms with Gasteiger partial charge in [-0.1, -0.05) is 0 Å². The van der Waals surface area contributed by atoms with Crippen LogP contribution in [0.4, 0.5) is 0 Å². The molecule has 102 valence electrons. The number of rotatable bonds is 10. The maximum atomic E-state index is 10.3. The second kappa shape index (κ2) is 9.68. The van der Waals surface area contributed by atoms with E-state index < -0.39 is 5.97 Å². The zero-order valence-corrected chi connectivity index (χ0v) is 11.4. The second-order valence-corrected chi connectivity index (χ2v) is 4.67. The Bertz CT molecular complexity index is 210. The van der Waals surface area contributed by atoms with Gasteiger partial charge in [0.25, 0.3) is 0 Å². The molecule has 0 bridgehead atoms. The average molecular weight is 266 g/mol. The van der Waals surface area contributed by atoms with Crippen LogP contribution in [0.3, 0.4) is 0 Å². The summed E-state index contributed by atoms with van der Waals surface area (Å²) >= 11 is 0. The summed E-state index contributed by atoms with van der Waals surface area (Å²) in [6, 6.07) is 0. The summed E-state index contributed by atoms with van der Waals surface area (Å²) in [5, 5.41) is 8.48. The van der Waals surface area contributed by atoms with Gasteiger partial charge in [-0.05, 0) is 45.2 Å². The predicted molar refractivity (Wildman–Crippen MR) is 69.8 cm³/mol. The molecule has 1 aliphatic carbocycles. The van der Waals surface area contributed by atoms with E-state index in [1.807, 2.05) is 0 Å². The Morgan fingerprint density at radius 1 is 1.35 bits per heavy atom. The topological polar surface area (TPSA) is 49.8 Å². The third-order valence-electron chi connectivity index (χ3n) is 2.85. The van der Waals surface area contributed by atoms with Crippen LogP contribution in [0, 0.1) is 5.92 Å². The van der Waals surface area contributed by atoms with E-state index in [2.05, 4.69) is 11.9 Å². The quantitative estimate of drug-likeness (QED) is 0.614. The molecule has 0 unspecified atom stereocenters. The highest BCUT2D eigenvalue weighted by atomic mass is 35.5. The average Bonchev–Trinajstić information content (AvgIpc) is 3.03. The molecule has 0 aromatic rings. The fourth-order valence-electron chi connectivity index (χ4n) is 1.52. The van der Waals surface area contributed by atoms with Gasteiger partial charge in [-0.2, -0.15) is 0 Å². The molecule has 0 amide bonds. The van der Waals surface area contributed by atoms with Crippen LogP contribution < -0.4 is 0 Å². The first-order valence-electron chi connectivity index (χ1n) is 6.16. The minimum Gasteiger partial charge on any atom is -0.481 e. The minimum atomic E-state index is -0.699. The number of carboxylic acid groups (broad SMARTS) is 1. The summed E-state index contributed by atoms with van der Waals surface area (Å²) < 4.78 is 5.54. The van der Waals surface area contributed by atoms with Gasteiger partial charge in [0, 0.05) is 19.6 Å². The number of carbonyl (C=O) groups is 1.